The number of benzene rings is 1. The van der Waals surface area contributed by atoms with Crippen LogP contribution < -0.4 is 15.8 Å². The summed E-state index contributed by atoms with van der Waals surface area (Å²) < 4.78 is 54.8. The minimum atomic E-state index is -4.76. The van der Waals surface area contributed by atoms with E-state index >= 15 is 0 Å². The summed E-state index contributed by atoms with van der Waals surface area (Å²) >= 11 is 0. The first-order valence-electron chi connectivity index (χ1n) is 7.58. The third kappa shape index (κ3) is 3.59. The van der Waals surface area contributed by atoms with E-state index in [4.69, 9.17) is 5.73 Å². The fourth-order valence-electron chi connectivity index (χ4n) is 2.66. The molecule has 0 radical (unpaired) electrons. The average Bonchev–Trinajstić information content (AvgIpc) is 2.92. The molecule has 0 aliphatic heterocycles. The SMILES string of the molecule is CP(C)(=O)c1ccnc2c1c(CN)nn2-c1ccc(OC(F)(F)F)cc1. The van der Waals surface area contributed by atoms with E-state index in [1.54, 1.807) is 19.4 Å². The number of pyridine rings is 1. The van der Waals surface area contributed by atoms with Crippen molar-refractivity contribution in [3.63, 3.8) is 0 Å². The maximum absolute atomic E-state index is 12.6. The van der Waals surface area contributed by atoms with Crippen molar-refractivity contribution in [2.75, 3.05) is 13.3 Å². The van der Waals surface area contributed by atoms with Gasteiger partial charge >= 0.3 is 6.36 Å². The van der Waals surface area contributed by atoms with Gasteiger partial charge in [-0.3, -0.25) is 0 Å². The van der Waals surface area contributed by atoms with Crippen LogP contribution in [-0.2, 0) is 11.1 Å². The zero-order valence-electron chi connectivity index (χ0n) is 14.0. The summed E-state index contributed by atoms with van der Waals surface area (Å²) in [5, 5.41) is 5.63. The topological polar surface area (TPSA) is 83.0 Å². The second-order valence-electron chi connectivity index (χ2n) is 5.98. The van der Waals surface area contributed by atoms with Crippen molar-refractivity contribution in [2.45, 2.75) is 12.9 Å². The zero-order chi connectivity index (χ0) is 19.1. The molecule has 0 unspecified atom stereocenters. The van der Waals surface area contributed by atoms with Crippen molar-refractivity contribution in [3.05, 3.63) is 42.2 Å². The Morgan fingerprint density at radius 1 is 1.19 bits per heavy atom. The molecule has 10 heteroatoms. The molecule has 0 amide bonds. The molecule has 26 heavy (non-hydrogen) atoms. The Morgan fingerprint density at radius 3 is 2.38 bits per heavy atom. The van der Waals surface area contributed by atoms with Crippen LogP contribution in [0.5, 0.6) is 5.75 Å². The summed E-state index contributed by atoms with van der Waals surface area (Å²) in [5.41, 5.74) is 7.21. The van der Waals surface area contributed by atoms with Crippen LogP contribution in [0, 0.1) is 0 Å². The molecule has 0 aliphatic carbocycles. The third-order valence-electron chi connectivity index (χ3n) is 3.71. The molecule has 6 nitrogen and oxygen atoms in total. The third-order valence-corrected chi connectivity index (χ3v) is 5.24. The molecule has 0 aliphatic rings. The predicted molar refractivity (Wildman–Crippen MR) is 92.5 cm³/mol. The summed E-state index contributed by atoms with van der Waals surface area (Å²) in [6.45, 7) is 3.39. The average molecular weight is 384 g/mol. The summed E-state index contributed by atoms with van der Waals surface area (Å²) in [7, 11) is -2.61. The Morgan fingerprint density at radius 2 is 1.85 bits per heavy atom. The minimum absolute atomic E-state index is 0.109. The van der Waals surface area contributed by atoms with E-state index in [-0.39, 0.29) is 12.3 Å². The number of halogens is 3. The largest absolute Gasteiger partial charge is 0.573 e. The molecule has 0 bridgehead atoms. The van der Waals surface area contributed by atoms with E-state index in [9.17, 15) is 17.7 Å². The van der Waals surface area contributed by atoms with E-state index < -0.39 is 13.5 Å². The van der Waals surface area contributed by atoms with Gasteiger partial charge < -0.3 is 15.0 Å². The Bertz CT molecular complexity index is 993. The van der Waals surface area contributed by atoms with E-state index in [1.165, 1.54) is 35.1 Å². The van der Waals surface area contributed by atoms with Crippen molar-refractivity contribution in [1.29, 1.82) is 0 Å². The van der Waals surface area contributed by atoms with Crippen LogP contribution >= 0.6 is 7.14 Å². The van der Waals surface area contributed by atoms with Gasteiger partial charge in [0.05, 0.1) is 16.8 Å². The highest BCUT2D eigenvalue weighted by atomic mass is 31.2. The summed E-state index contributed by atoms with van der Waals surface area (Å²) in [6, 6.07) is 6.91. The molecule has 2 heterocycles. The predicted octanol–water partition coefficient (Wildman–Crippen LogP) is 3.03. The van der Waals surface area contributed by atoms with Gasteiger partial charge in [-0.25, -0.2) is 9.67 Å². The van der Waals surface area contributed by atoms with Crippen molar-refractivity contribution in [2.24, 2.45) is 5.73 Å². The van der Waals surface area contributed by atoms with Crippen molar-refractivity contribution < 1.29 is 22.5 Å². The standard InChI is InChI=1S/C16H16F3N4O2P/c1-26(2,24)13-7-8-21-15-14(13)12(9-20)22-23(15)10-3-5-11(6-4-10)25-16(17,18)19/h3-8H,9,20H2,1-2H3. The normalized spacial score (nSPS) is 12.5. The molecule has 2 N–H and O–H groups in total. The van der Waals surface area contributed by atoms with Crippen LogP contribution in [0.1, 0.15) is 5.69 Å². The Hall–Kier alpha value is -2.38. The zero-order valence-corrected chi connectivity index (χ0v) is 14.9. The Balaban J connectivity index is 2.13. The number of hydrogen-bond donors (Lipinski definition) is 1. The number of nitrogens with zero attached hydrogens (tertiary/aromatic N) is 3. The van der Waals surface area contributed by atoms with Crippen LogP contribution in [0.2, 0.25) is 0 Å². The maximum atomic E-state index is 12.6. The molecule has 1 aromatic carbocycles. The van der Waals surface area contributed by atoms with Gasteiger partial charge in [0, 0.05) is 18.0 Å². The van der Waals surface area contributed by atoms with Gasteiger partial charge in [-0.2, -0.15) is 5.10 Å². The molecule has 0 spiro atoms. The molecule has 3 aromatic rings. The molecule has 0 fully saturated rings. The van der Waals surface area contributed by atoms with Crippen molar-refractivity contribution >= 4 is 23.5 Å². The van der Waals surface area contributed by atoms with Crippen LogP contribution in [0.4, 0.5) is 13.2 Å². The lowest BCUT2D eigenvalue weighted by atomic mass is 10.2. The first-order valence-corrected chi connectivity index (χ1v) is 10.2. The quantitative estimate of drug-likeness (QED) is 0.699. The van der Waals surface area contributed by atoms with Gasteiger partial charge in [0.2, 0.25) is 0 Å². The van der Waals surface area contributed by atoms with E-state index in [1.807, 2.05) is 0 Å². The molecule has 0 saturated heterocycles. The molecule has 3 rings (SSSR count). The van der Waals surface area contributed by atoms with Crippen LogP contribution in [0.3, 0.4) is 0 Å². The molecular formula is C16H16F3N4O2P. The second kappa shape index (κ2) is 6.41. The van der Waals surface area contributed by atoms with Crippen LogP contribution in [0.15, 0.2) is 36.5 Å². The lowest BCUT2D eigenvalue weighted by Gasteiger charge is -2.10. The van der Waals surface area contributed by atoms with Gasteiger partial charge in [0.25, 0.3) is 0 Å². The monoisotopic (exact) mass is 384 g/mol. The lowest BCUT2D eigenvalue weighted by molar-refractivity contribution is -0.274. The minimum Gasteiger partial charge on any atom is -0.406 e. The molecular weight excluding hydrogens is 368 g/mol. The number of nitrogens with two attached hydrogens (primary N) is 1. The van der Waals surface area contributed by atoms with E-state index in [2.05, 4.69) is 14.8 Å². The van der Waals surface area contributed by atoms with Crippen molar-refractivity contribution in [1.82, 2.24) is 14.8 Å². The Kier molecular flexibility index (Phi) is 4.54. The lowest BCUT2D eigenvalue weighted by Crippen LogP contribution is -2.17. The number of rotatable bonds is 4. The summed E-state index contributed by atoms with van der Waals surface area (Å²) in [5.74, 6) is -0.336. The first kappa shape index (κ1) is 18.4. The highest BCUT2D eigenvalue weighted by Gasteiger charge is 2.31. The number of ether oxygens (including phenoxy) is 1. The number of aromatic nitrogens is 3. The smallest absolute Gasteiger partial charge is 0.406 e. The second-order valence-corrected chi connectivity index (χ2v) is 9.17. The molecule has 0 atom stereocenters. The van der Waals surface area contributed by atoms with Crippen LogP contribution in [-0.4, -0.2) is 34.5 Å². The number of fused-ring (bicyclic) bond motifs is 1. The number of alkyl halides is 3. The first-order chi connectivity index (χ1) is 12.1. The van der Waals surface area contributed by atoms with Gasteiger partial charge in [0.1, 0.15) is 12.9 Å². The van der Waals surface area contributed by atoms with E-state index in [0.717, 1.165) is 0 Å². The molecule has 0 saturated carbocycles. The highest BCUT2D eigenvalue weighted by molar-refractivity contribution is 7.70. The number of hydrogen-bond acceptors (Lipinski definition) is 5. The fourth-order valence-corrected chi connectivity index (χ4v) is 3.85. The molecule has 138 valence electrons. The fraction of sp³-hybridized carbons (Fsp3) is 0.250. The van der Waals surface area contributed by atoms with Gasteiger partial charge in [-0.1, -0.05) is 0 Å². The van der Waals surface area contributed by atoms with Gasteiger partial charge in [-0.15, -0.1) is 13.2 Å². The van der Waals surface area contributed by atoms with Gasteiger partial charge in [-0.05, 0) is 43.7 Å². The van der Waals surface area contributed by atoms with Crippen molar-refractivity contribution in [3.8, 4) is 11.4 Å². The van der Waals surface area contributed by atoms with E-state index in [0.29, 0.717) is 27.7 Å². The summed E-state index contributed by atoms with van der Waals surface area (Å²) in [6.07, 6.45) is -3.23. The highest BCUT2D eigenvalue weighted by Crippen LogP contribution is 2.38. The molecule has 2 aromatic heterocycles. The van der Waals surface area contributed by atoms with Crippen LogP contribution in [0.25, 0.3) is 16.7 Å². The summed E-state index contributed by atoms with van der Waals surface area (Å²) in [4.78, 5) is 4.29. The Labute approximate surface area is 147 Å². The maximum Gasteiger partial charge on any atom is 0.573 e. The van der Waals surface area contributed by atoms with Gasteiger partial charge in [0.15, 0.2) is 5.65 Å².